The van der Waals surface area contributed by atoms with Gasteiger partial charge in [-0.1, -0.05) is 5.57 Å². The zero-order valence-electron chi connectivity index (χ0n) is 11.8. The van der Waals surface area contributed by atoms with Crippen LogP contribution in [-0.4, -0.2) is 42.5 Å². The third-order valence-electron chi connectivity index (χ3n) is 3.91. The minimum absolute atomic E-state index is 0.241. The maximum Gasteiger partial charge on any atom is 0.374 e. The Balaban J connectivity index is 2.05. The lowest BCUT2D eigenvalue weighted by Crippen LogP contribution is -2.24. The van der Waals surface area contributed by atoms with Gasteiger partial charge in [0, 0.05) is 25.5 Å². The number of hydrogen-bond donors (Lipinski definition) is 1. The first-order valence-electron chi connectivity index (χ1n) is 6.75. The molecule has 0 spiro atoms. The first-order chi connectivity index (χ1) is 9.99. The van der Waals surface area contributed by atoms with Crippen LogP contribution in [0.4, 0.5) is 0 Å². The fourth-order valence-electron chi connectivity index (χ4n) is 2.90. The lowest BCUT2D eigenvalue weighted by molar-refractivity contribution is -0.141. The molecule has 0 fully saturated rings. The van der Waals surface area contributed by atoms with Crippen molar-refractivity contribution in [1.82, 2.24) is 0 Å². The second-order valence-corrected chi connectivity index (χ2v) is 5.41. The van der Waals surface area contributed by atoms with Crippen LogP contribution in [0, 0.1) is 0 Å². The SMILES string of the molecule is COC1CC2=CC(C/C(C)=C\C3OC(=O)C(O)=C31)OC2=O. The molecule has 0 aromatic rings. The summed E-state index contributed by atoms with van der Waals surface area (Å²) in [7, 11) is 1.46. The number of aliphatic hydroxyl groups is 1. The molecule has 3 rings (SSSR count). The van der Waals surface area contributed by atoms with Gasteiger partial charge < -0.3 is 19.3 Å². The van der Waals surface area contributed by atoms with Gasteiger partial charge in [-0.2, -0.15) is 0 Å². The van der Waals surface area contributed by atoms with Gasteiger partial charge in [-0.25, -0.2) is 9.59 Å². The van der Waals surface area contributed by atoms with E-state index in [4.69, 9.17) is 14.2 Å². The molecule has 21 heavy (non-hydrogen) atoms. The average Bonchev–Trinajstić information content (AvgIpc) is 2.88. The summed E-state index contributed by atoms with van der Waals surface area (Å²) >= 11 is 0. The molecule has 3 aliphatic rings. The Morgan fingerprint density at radius 3 is 2.67 bits per heavy atom. The fourth-order valence-corrected chi connectivity index (χ4v) is 2.90. The van der Waals surface area contributed by atoms with Gasteiger partial charge in [0.1, 0.15) is 12.2 Å². The molecule has 0 radical (unpaired) electrons. The average molecular weight is 292 g/mol. The van der Waals surface area contributed by atoms with E-state index in [-0.39, 0.29) is 18.5 Å². The van der Waals surface area contributed by atoms with Crippen LogP contribution >= 0.6 is 0 Å². The molecule has 0 amide bonds. The van der Waals surface area contributed by atoms with Crippen LogP contribution in [0.3, 0.4) is 0 Å². The summed E-state index contributed by atoms with van der Waals surface area (Å²) in [4.78, 5) is 23.5. The highest BCUT2D eigenvalue weighted by Gasteiger charge is 2.40. The van der Waals surface area contributed by atoms with Crippen molar-refractivity contribution >= 4 is 11.9 Å². The summed E-state index contributed by atoms with van der Waals surface area (Å²) in [6.45, 7) is 1.86. The van der Waals surface area contributed by atoms with Gasteiger partial charge in [0.25, 0.3) is 0 Å². The second-order valence-electron chi connectivity index (χ2n) is 5.41. The molecule has 2 bridgehead atoms. The van der Waals surface area contributed by atoms with Crippen LogP contribution in [0.1, 0.15) is 19.8 Å². The van der Waals surface area contributed by atoms with Gasteiger partial charge >= 0.3 is 11.9 Å². The van der Waals surface area contributed by atoms with Crippen molar-refractivity contribution in [2.24, 2.45) is 0 Å². The first kappa shape index (κ1) is 13.9. The molecule has 0 saturated carbocycles. The Morgan fingerprint density at radius 1 is 1.19 bits per heavy atom. The third-order valence-corrected chi connectivity index (χ3v) is 3.91. The Hall–Kier alpha value is -2.08. The summed E-state index contributed by atoms with van der Waals surface area (Å²) in [5.41, 5.74) is 1.77. The van der Waals surface area contributed by atoms with Crippen LogP contribution in [-0.2, 0) is 23.8 Å². The van der Waals surface area contributed by atoms with E-state index >= 15 is 0 Å². The van der Waals surface area contributed by atoms with Gasteiger partial charge in [-0.15, -0.1) is 0 Å². The van der Waals surface area contributed by atoms with Crippen molar-refractivity contribution in [3.63, 3.8) is 0 Å². The van der Waals surface area contributed by atoms with Crippen molar-refractivity contribution in [2.45, 2.75) is 38.1 Å². The van der Waals surface area contributed by atoms with Gasteiger partial charge in [0.15, 0.2) is 0 Å². The molecule has 6 nitrogen and oxygen atoms in total. The van der Waals surface area contributed by atoms with E-state index in [0.717, 1.165) is 5.57 Å². The number of aliphatic hydroxyl groups excluding tert-OH is 1. The number of methoxy groups -OCH3 is 1. The minimum atomic E-state index is -0.762. The molecule has 1 N–H and O–H groups in total. The molecule has 0 saturated heterocycles. The topological polar surface area (TPSA) is 82.1 Å². The smallest absolute Gasteiger partial charge is 0.374 e. The summed E-state index contributed by atoms with van der Waals surface area (Å²) in [6, 6.07) is 0. The molecule has 2 heterocycles. The molecule has 1 aliphatic carbocycles. The zero-order chi connectivity index (χ0) is 15.1. The molecule has 112 valence electrons. The monoisotopic (exact) mass is 292 g/mol. The van der Waals surface area contributed by atoms with Gasteiger partial charge in [-0.05, 0) is 19.1 Å². The molecule has 0 aromatic carbocycles. The van der Waals surface area contributed by atoms with Crippen LogP contribution in [0.25, 0.3) is 0 Å². The number of carbonyl (C=O) groups is 2. The predicted molar refractivity (Wildman–Crippen MR) is 71.3 cm³/mol. The van der Waals surface area contributed by atoms with E-state index in [1.807, 2.05) is 6.92 Å². The highest BCUT2D eigenvalue weighted by molar-refractivity contribution is 5.92. The number of fused-ring (bicyclic) bond motifs is 2. The summed E-state index contributed by atoms with van der Waals surface area (Å²) in [5, 5.41) is 9.96. The van der Waals surface area contributed by atoms with Gasteiger partial charge in [-0.3, -0.25) is 0 Å². The van der Waals surface area contributed by atoms with E-state index in [0.29, 0.717) is 17.6 Å². The van der Waals surface area contributed by atoms with Crippen LogP contribution < -0.4 is 0 Å². The highest BCUT2D eigenvalue weighted by Crippen LogP contribution is 2.34. The molecule has 6 heteroatoms. The zero-order valence-corrected chi connectivity index (χ0v) is 11.8. The van der Waals surface area contributed by atoms with E-state index in [9.17, 15) is 14.7 Å². The van der Waals surface area contributed by atoms with Crippen molar-refractivity contribution in [3.8, 4) is 0 Å². The molecule has 3 unspecified atom stereocenters. The van der Waals surface area contributed by atoms with E-state index in [1.54, 1.807) is 12.2 Å². The van der Waals surface area contributed by atoms with Crippen molar-refractivity contribution in [3.05, 3.63) is 34.6 Å². The largest absolute Gasteiger partial charge is 0.502 e. The maximum atomic E-state index is 11.8. The van der Waals surface area contributed by atoms with Gasteiger partial charge in [0.2, 0.25) is 5.76 Å². The summed E-state index contributed by atoms with van der Waals surface area (Å²) in [5.74, 6) is -1.57. The normalized spacial score (nSPS) is 34.7. The summed E-state index contributed by atoms with van der Waals surface area (Å²) < 4.78 is 15.8. The van der Waals surface area contributed by atoms with E-state index < -0.39 is 23.9 Å². The summed E-state index contributed by atoms with van der Waals surface area (Å²) in [6.07, 6.45) is 2.75. The van der Waals surface area contributed by atoms with Crippen molar-refractivity contribution in [2.75, 3.05) is 7.11 Å². The maximum absolute atomic E-state index is 11.8. The van der Waals surface area contributed by atoms with Crippen LogP contribution in [0.5, 0.6) is 0 Å². The van der Waals surface area contributed by atoms with Crippen LogP contribution in [0.15, 0.2) is 34.6 Å². The molecule has 3 atom stereocenters. The molecular formula is C15H16O6. The molecular weight excluding hydrogens is 276 g/mol. The number of hydrogen-bond acceptors (Lipinski definition) is 6. The first-order valence-corrected chi connectivity index (χ1v) is 6.75. The van der Waals surface area contributed by atoms with Crippen molar-refractivity contribution < 1.29 is 28.9 Å². The lowest BCUT2D eigenvalue weighted by Gasteiger charge is -2.20. The Morgan fingerprint density at radius 2 is 1.95 bits per heavy atom. The Labute approximate surface area is 121 Å². The fraction of sp³-hybridized carbons (Fsp3) is 0.467. The van der Waals surface area contributed by atoms with E-state index in [1.165, 1.54) is 7.11 Å². The highest BCUT2D eigenvalue weighted by atomic mass is 16.6. The van der Waals surface area contributed by atoms with Gasteiger partial charge in [0.05, 0.1) is 11.7 Å². The van der Waals surface area contributed by atoms with E-state index in [2.05, 4.69) is 0 Å². The molecule has 0 aromatic heterocycles. The quantitative estimate of drug-likeness (QED) is 0.580. The Bertz CT molecular complexity index is 597. The lowest BCUT2D eigenvalue weighted by atomic mass is 9.93. The number of ether oxygens (including phenoxy) is 3. The van der Waals surface area contributed by atoms with Crippen molar-refractivity contribution in [1.29, 1.82) is 0 Å². The predicted octanol–water partition coefficient (Wildman–Crippen LogP) is 1.33. The third kappa shape index (κ3) is 2.35. The Kier molecular flexibility index (Phi) is 3.33. The second kappa shape index (κ2) is 5.04. The standard InChI is InChI=1S/C15H16O6/c1-7-3-9-5-8(14(17)20-9)6-10(19-2)12-11(4-7)21-15(18)13(12)16/h4-5,9-11,16H,3,6H2,1-2H3/b7-4-. The number of rotatable bonds is 1. The number of esters is 2. The number of carbonyl (C=O) groups excluding carboxylic acids is 2. The molecule has 2 aliphatic heterocycles. The van der Waals surface area contributed by atoms with Crippen LogP contribution in [0.2, 0.25) is 0 Å². The minimum Gasteiger partial charge on any atom is -0.502 e.